The SMILES string of the molecule is COc1ccccc1-c1cc(CN(CC(C)C)C(=O)C2CCCC2)no1. The van der Waals surface area contributed by atoms with Gasteiger partial charge >= 0.3 is 0 Å². The van der Waals surface area contributed by atoms with Gasteiger partial charge in [0.1, 0.15) is 11.4 Å². The summed E-state index contributed by atoms with van der Waals surface area (Å²) in [4.78, 5) is 14.9. The Kier molecular flexibility index (Phi) is 5.96. The molecule has 0 radical (unpaired) electrons. The second-order valence-electron chi connectivity index (χ2n) is 7.48. The van der Waals surface area contributed by atoms with Crippen LogP contribution in [0, 0.1) is 11.8 Å². The van der Waals surface area contributed by atoms with E-state index in [-0.39, 0.29) is 11.8 Å². The molecule has 1 aromatic carbocycles. The maximum Gasteiger partial charge on any atom is 0.226 e. The first-order valence-electron chi connectivity index (χ1n) is 9.46. The first-order valence-corrected chi connectivity index (χ1v) is 9.46. The number of methoxy groups -OCH3 is 1. The van der Waals surface area contributed by atoms with Crippen molar-refractivity contribution in [3.63, 3.8) is 0 Å². The molecule has 1 aliphatic carbocycles. The lowest BCUT2D eigenvalue weighted by Gasteiger charge is -2.26. The molecule has 1 aromatic heterocycles. The van der Waals surface area contributed by atoms with E-state index in [9.17, 15) is 4.79 Å². The van der Waals surface area contributed by atoms with Crippen LogP contribution in [0.5, 0.6) is 5.75 Å². The van der Waals surface area contributed by atoms with Gasteiger partial charge in [-0.2, -0.15) is 0 Å². The molecule has 1 saturated carbocycles. The van der Waals surface area contributed by atoms with Crippen molar-refractivity contribution < 1.29 is 14.1 Å². The normalized spacial score (nSPS) is 14.8. The van der Waals surface area contributed by atoms with Gasteiger partial charge in [0.05, 0.1) is 19.2 Å². The zero-order chi connectivity index (χ0) is 18.5. The maximum atomic E-state index is 12.9. The number of aromatic nitrogens is 1. The van der Waals surface area contributed by atoms with E-state index < -0.39 is 0 Å². The molecule has 0 atom stereocenters. The van der Waals surface area contributed by atoms with E-state index in [1.54, 1.807) is 7.11 Å². The fraction of sp³-hybridized carbons (Fsp3) is 0.524. The van der Waals surface area contributed by atoms with Crippen molar-refractivity contribution in [2.24, 2.45) is 11.8 Å². The Labute approximate surface area is 155 Å². The molecule has 0 unspecified atom stereocenters. The molecule has 3 rings (SSSR count). The number of para-hydroxylation sites is 1. The van der Waals surface area contributed by atoms with E-state index in [0.717, 1.165) is 49.2 Å². The van der Waals surface area contributed by atoms with Crippen LogP contribution in [0.1, 0.15) is 45.2 Å². The second kappa shape index (κ2) is 8.39. The van der Waals surface area contributed by atoms with Crippen LogP contribution in [0.4, 0.5) is 0 Å². The third-order valence-electron chi connectivity index (χ3n) is 4.89. The van der Waals surface area contributed by atoms with Gasteiger partial charge in [-0.25, -0.2) is 0 Å². The third kappa shape index (κ3) is 4.26. The summed E-state index contributed by atoms with van der Waals surface area (Å²) in [6.07, 6.45) is 4.35. The molecule has 5 nitrogen and oxygen atoms in total. The molecule has 5 heteroatoms. The maximum absolute atomic E-state index is 12.9. The van der Waals surface area contributed by atoms with Crippen LogP contribution in [0.3, 0.4) is 0 Å². The molecule has 0 N–H and O–H groups in total. The molecule has 26 heavy (non-hydrogen) atoms. The number of ether oxygens (including phenoxy) is 1. The van der Waals surface area contributed by atoms with Crippen LogP contribution in [-0.4, -0.2) is 29.6 Å². The number of carbonyl (C=O) groups excluding carboxylic acids is 1. The summed E-state index contributed by atoms with van der Waals surface area (Å²) >= 11 is 0. The molecule has 0 spiro atoms. The van der Waals surface area contributed by atoms with Crippen LogP contribution >= 0.6 is 0 Å². The minimum absolute atomic E-state index is 0.175. The van der Waals surface area contributed by atoms with E-state index in [2.05, 4.69) is 19.0 Å². The summed E-state index contributed by atoms with van der Waals surface area (Å²) in [6, 6.07) is 9.61. The second-order valence-corrected chi connectivity index (χ2v) is 7.48. The Morgan fingerprint density at radius 3 is 2.73 bits per heavy atom. The standard InChI is InChI=1S/C21H28N2O3/c1-15(2)13-23(21(24)16-8-4-5-9-16)14-17-12-20(26-22-17)18-10-6-7-11-19(18)25-3/h6-7,10-12,15-16H,4-5,8-9,13-14H2,1-3H3. The van der Waals surface area contributed by atoms with Crippen molar-refractivity contribution in [2.45, 2.75) is 46.1 Å². The topological polar surface area (TPSA) is 55.6 Å². The highest BCUT2D eigenvalue weighted by Crippen LogP contribution is 2.31. The predicted octanol–water partition coefficient (Wildman–Crippen LogP) is 4.53. The van der Waals surface area contributed by atoms with Crippen molar-refractivity contribution >= 4 is 5.91 Å². The third-order valence-corrected chi connectivity index (χ3v) is 4.89. The van der Waals surface area contributed by atoms with E-state index >= 15 is 0 Å². The highest BCUT2D eigenvalue weighted by molar-refractivity contribution is 5.79. The molecule has 0 saturated heterocycles. The van der Waals surface area contributed by atoms with Gasteiger partial charge in [0.15, 0.2) is 5.76 Å². The summed E-state index contributed by atoms with van der Waals surface area (Å²) in [5.74, 6) is 2.26. The number of carbonyl (C=O) groups is 1. The van der Waals surface area contributed by atoms with Crippen LogP contribution in [0.15, 0.2) is 34.9 Å². The molecule has 0 bridgehead atoms. The Morgan fingerprint density at radius 2 is 2.04 bits per heavy atom. The van der Waals surface area contributed by atoms with E-state index in [1.807, 2.05) is 35.2 Å². The largest absolute Gasteiger partial charge is 0.496 e. The lowest BCUT2D eigenvalue weighted by atomic mass is 10.1. The lowest BCUT2D eigenvalue weighted by molar-refractivity contribution is -0.136. The molecule has 140 valence electrons. The monoisotopic (exact) mass is 356 g/mol. The molecule has 1 amide bonds. The lowest BCUT2D eigenvalue weighted by Crippen LogP contribution is -2.37. The molecular weight excluding hydrogens is 328 g/mol. The number of benzene rings is 1. The molecule has 0 aliphatic heterocycles. The van der Waals surface area contributed by atoms with Gasteiger partial charge in [0.25, 0.3) is 0 Å². The number of nitrogens with zero attached hydrogens (tertiary/aromatic N) is 2. The quantitative estimate of drug-likeness (QED) is 0.732. The zero-order valence-electron chi connectivity index (χ0n) is 15.9. The smallest absolute Gasteiger partial charge is 0.226 e. The number of rotatable bonds is 7. The first-order chi connectivity index (χ1) is 12.6. The molecule has 2 aromatic rings. The van der Waals surface area contributed by atoms with E-state index in [0.29, 0.717) is 18.2 Å². The molecule has 1 fully saturated rings. The van der Waals surface area contributed by atoms with Gasteiger partial charge in [-0.1, -0.05) is 44.0 Å². The highest BCUT2D eigenvalue weighted by atomic mass is 16.5. The zero-order valence-corrected chi connectivity index (χ0v) is 15.9. The summed E-state index contributed by atoms with van der Waals surface area (Å²) in [5, 5.41) is 4.20. The molecule has 1 heterocycles. The van der Waals surface area contributed by atoms with Crippen molar-refractivity contribution in [3.05, 3.63) is 36.0 Å². The summed E-state index contributed by atoms with van der Waals surface area (Å²) in [6.45, 7) is 5.51. The highest BCUT2D eigenvalue weighted by Gasteiger charge is 2.28. The van der Waals surface area contributed by atoms with Gasteiger partial charge in [-0.15, -0.1) is 0 Å². The van der Waals surface area contributed by atoms with Crippen LogP contribution < -0.4 is 4.74 Å². The Bertz CT molecular complexity index is 732. The molecular formula is C21H28N2O3. The van der Waals surface area contributed by atoms with Crippen molar-refractivity contribution in [1.29, 1.82) is 0 Å². The average Bonchev–Trinajstić information content (AvgIpc) is 3.32. The predicted molar refractivity (Wildman–Crippen MR) is 101 cm³/mol. The number of amides is 1. The van der Waals surface area contributed by atoms with Crippen LogP contribution in [-0.2, 0) is 11.3 Å². The number of hydrogen-bond donors (Lipinski definition) is 0. The van der Waals surface area contributed by atoms with Crippen LogP contribution in [0.25, 0.3) is 11.3 Å². The van der Waals surface area contributed by atoms with Gasteiger partial charge < -0.3 is 14.2 Å². The van der Waals surface area contributed by atoms with Gasteiger partial charge in [0.2, 0.25) is 5.91 Å². The Balaban J connectivity index is 1.77. The first kappa shape index (κ1) is 18.5. The Morgan fingerprint density at radius 1 is 1.31 bits per heavy atom. The minimum atomic E-state index is 0.175. The fourth-order valence-corrected chi connectivity index (χ4v) is 3.66. The molecule has 1 aliphatic rings. The van der Waals surface area contributed by atoms with Gasteiger partial charge in [0, 0.05) is 18.5 Å². The van der Waals surface area contributed by atoms with Crippen LogP contribution in [0.2, 0.25) is 0 Å². The van der Waals surface area contributed by atoms with Gasteiger partial charge in [-0.05, 0) is 30.9 Å². The van der Waals surface area contributed by atoms with E-state index in [4.69, 9.17) is 9.26 Å². The number of hydrogen-bond acceptors (Lipinski definition) is 4. The summed E-state index contributed by atoms with van der Waals surface area (Å²) < 4.78 is 10.9. The average molecular weight is 356 g/mol. The van der Waals surface area contributed by atoms with Crippen molar-refractivity contribution in [1.82, 2.24) is 10.1 Å². The fourth-order valence-electron chi connectivity index (χ4n) is 3.66. The summed E-state index contributed by atoms with van der Waals surface area (Å²) in [7, 11) is 1.64. The minimum Gasteiger partial charge on any atom is -0.496 e. The van der Waals surface area contributed by atoms with E-state index in [1.165, 1.54) is 0 Å². The Hall–Kier alpha value is -2.30. The summed E-state index contributed by atoms with van der Waals surface area (Å²) in [5.41, 5.74) is 1.64. The van der Waals surface area contributed by atoms with Crippen molar-refractivity contribution in [3.8, 4) is 17.1 Å². The van der Waals surface area contributed by atoms with Crippen molar-refractivity contribution in [2.75, 3.05) is 13.7 Å². The van der Waals surface area contributed by atoms with Gasteiger partial charge in [-0.3, -0.25) is 4.79 Å².